The Morgan fingerprint density at radius 3 is 2.76 bits per heavy atom. The number of aliphatic hydroxyl groups is 1. The van der Waals surface area contributed by atoms with Crippen LogP contribution in [0.5, 0.6) is 0 Å². The minimum absolute atomic E-state index is 0.0715. The molecule has 0 spiro atoms. The van der Waals surface area contributed by atoms with Crippen molar-refractivity contribution in [2.75, 3.05) is 0 Å². The molecule has 0 saturated heterocycles. The summed E-state index contributed by atoms with van der Waals surface area (Å²) in [6.45, 7) is 5.79. The Balaban J connectivity index is 2.75. The number of hydrogen-bond donors (Lipinski definition) is 1. The fourth-order valence-corrected chi connectivity index (χ4v) is 2.10. The Hall–Kier alpha value is -1.86. The molecule has 0 saturated carbocycles. The van der Waals surface area contributed by atoms with Gasteiger partial charge >= 0.3 is 0 Å². The standard InChI is InChI=1S/C16H16O/c1-3-4-7-13-10-14-8-5-6-9-15(14)16(11-17)12(13)2/h3-10,17H,1,11H2,2H3/b7-4-. The van der Waals surface area contributed by atoms with Crippen molar-refractivity contribution in [2.24, 2.45) is 0 Å². The molecule has 0 fully saturated rings. The van der Waals surface area contributed by atoms with Gasteiger partial charge in [0.1, 0.15) is 0 Å². The Morgan fingerprint density at radius 2 is 2.06 bits per heavy atom. The first-order chi connectivity index (χ1) is 8.27. The molecule has 0 aliphatic heterocycles. The SMILES string of the molecule is C=C/C=C\c1cc2ccccc2c(CO)c1C. The van der Waals surface area contributed by atoms with E-state index >= 15 is 0 Å². The summed E-state index contributed by atoms with van der Waals surface area (Å²) in [4.78, 5) is 0. The molecule has 0 aliphatic carbocycles. The zero-order valence-corrected chi connectivity index (χ0v) is 9.98. The van der Waals surface area contributed by atoms with Crippen LogP contribution >= 0.6 is 0 Å². The molecule has 2 aromatic rings. The molecule has 0 aromatic heterocycles. The highest BCUT2D eigenvalue weighted by Crippen LogP contribution is 2.26. The fraction of sp³-hybridized carbons (Fsp3) is 0.125. The van der Waals surface area contributed by atoms with E-state index in [1.54, 1.807) is 6.08 Å². The number of allylic oxidation sites excluding steroid dienone is 2. The predicted molar refractivity (Wildman–Crippen MR) is 73.8 cm³/mol. The molecule has 1 N–H and O–H groups in total. The summed E-state index contributed by atoms with van der Waals surface area (Å²) in [5.41, 5.74) is 3.27. The predicted octanol–water partition coefficient (Wildman–Crippen LogP) is 3.84. The second-order valence-electron chi connectivity index (χ2n) is 4.04. The second kappa shape index (κ2) is 4.98. The molecule has 2 aromatic carbocycles. The van der Waals surface area contributed by atoms with Crippen LogP contribution in [0.1, 0.15) is 16.7 Å². The van der Waals surface area contributed by atoms with Gasteiger partial charge in [0.2, 0.25) is 0 Å². The Bertz CT molecular complexity index is 579. The molecule has 2 rings (SSSR count). The molecule has 86 valence electrons. The Labute approximate surface area is 102 Å². The summed E-state index contributed by atoms with van der Waals surface area (Å²) < 4.78 is 0. The minimum Gasteiger partial charge on any atom is -0.392 e. The van der Waals surface area contributed by atoms with Crippen LogP contribution in [0, 0.1) is 6.92 Å². The van der Waals surface area contributed by atoms with Crippen molar-refractivity contribution in [1.82, 2.24) is 0 Å². The number of rotatable bonds is 3. The minimum atomic E-state index is 0.0715. The highest BCUT2D eigenvalue weighted by atomic mass is 16.3. The largest absolute Gasteiger partial charge is 0.392 e. The lowest BCUT2D eigenvalue weighted by Gasteiger charge is -2.11. The summed E-state index contributed by atoms with van der Waals surface area (Å²) in [7, 11) is 0. The van der Waals surface area contributed by atoms with Crippen LogP contribution in [-0.2, 0) is 6.61 Å². The maximum absolute atomic E-state index is 9.52. The first kappa shape index (κ1) is 11.6. The van der Waals surface area contributed by atoms with Crippen molar-refractivity contribution in [2.45, 2.75) is 13.5 Å². The number of hydrogen-bond acceptors (Lipinski definition) is 1. The van der Waals surface area contributed by atoms with Crippen LogP contribution in [0.2, 0.25) is 0 Å². The van der Waals surface area contributed by atoms with Crippen molar-refractivity contribution in [3.63, 3.8) is 0 Å². The lowest BCUT2D eigenvalue weighted by atomic mass is 9.95. The van der Waals surface area contributed by atoms with Crippen LogP contribution < -0.4 is 0 Å². The van der Waals surface area contributed by atoms with Crippen molar-refractivity contribution >= 4 is 16.8 Å². The maximum Gasteiger partial charge on any atom is 0.0690 e. The fourth-order valence-electron chi connectivity index (χ4n) is 2.10. The molecule has 0 atom stereocenters. The molecule has 17 heavy (non-hydrogen) atoms. The molecule has 0 radical (unpaired) electrons. The van der Waals surface area contributed by atoms with E-state index in [9.17, 15) is 5.11 Å². The van der Waals surface area contributed by atoms with Gasteiger partial charge in [-0.3, -0.25) is 0 Å². The molecular weight excluding hydrogens is 208 g/mol. The maximum atomic E-state index is 9.52. The zero-order valence-electron chi connectivity index (χ0n) is 9.98. The molecule has 0 unspecified atom stereocenters. The van der Waals surface area contributed by atoms with E-state index in [2.05, 4.69) is 24.8 Å². The first-order valence-corrected chi connectivity index (χ1v) is 5.69. The van der Waals surface area contributed by atoms with Gasteiger partial charge in [-0.1, -0.05) is 49.1 Å². The molecule has 1 heteroatoms. The van der Waals surface area contributed by atoms with Crippen molar-refractivity contribution in [3.8, 4) is 0 Å². The summed E-state index contributed by atoms with van der Waals surface area (Å²) in [5.74, 6) is 0. The summed E-state index contributed by atoms with van der Waals surface area (Å²) in [5, 5.41) is 11.8. The van der Waals surface area contributed by atoms with Crippen LogP contribution in [0.25, 0.3) is 16.8 Å². The van der Waals surface area contributed by atoms with Gasteiger partial charge < -0.3 is 5.11 Å². The lowest BCUT2D eigenvalue weighted by Crippen LogP contribution is -1.94. The molecule has 0 bridgehead atoms. The van der Waals surface area contributed by atoms with Crippen LogP contribution in [0.15, 0.2) is 49.1 Å². The van der Waals surface area contributed by atoms with Gasteiger partial charge in [-0.25, -0.2) is 0 Å². The zero-order chi connectivity index (χ0) is 12.3. The third kappa shape index (κ3) is 2.15. The smallest absolute Gasteiger partial charge is 0.0690 e. The van der Waals surface area contributed by atoms with Gasteiger partial charge in [0.15, 0.2) is 0 Å². The normalized spacial score (nSPS) is 11.2. The van der Waals surface area contributed by atoms with Gasteiger partial charge in [0.25, 0.3) is 0 Å². The van der Waals surface area contributed by atoms with Crippen molar-refractivity contribution in [3.05, 3.63) is 65.8 Å². The van der Waals surface area contributed by atoms with Gasteiger partial charge in [0.05, 0.1) is 6.61 Å². The van der Waals surface area contributed by atoms with E-state index in [4.69, 9.17) is 0 Å². The molecule has 0 amide bonds. The van der Waals surface area contributed by atoms with Crippen molar-refractivity contribution < 1.29 is 5.11 Å². The Morgan fingerprint density at radius 1 is 1.29 bits per heavy atom. The summed E-state index contributed by atoms with van der Waals surface area (Å²) in [6.07, 6.45) is 5.69. The topological polar surface area (TPSA) is 20.2 Å². The lowest BCUT2D eigenvalue weighted by molar-refractivity contribution is 0.282. The highest BCUT2D eigenvalue weighted by molar-refractivity contribution is 5.89. The van der Waals surface area contributed by atoms with Crippen LogP contribution in [0.4, 0.5) is 0 Å². The number of benzene rings is 2. The average Bonchev–Trinajstić information content (AvgIpc) is 2.36. The van der Waals surface area contributed by atoms with Crippen LogP contribution in [-0.4, -0.2) is 5.11 Å². The van der Waals surface area contributed by atoms with E-state index < -0.39 is 0 Å². The van der Waals surface area contributed by atoms with E-state index in [-0.39, 0.29) is 6.61 Å². The van der Waals surface area contributed by atoms with Gasteiger partial charge in [-0.15, -0.1) is 0 Å². The molecule has 0 heterocycles. The van der Waals surface area contributed by atoms with E-state index in [0.29, 0.717) is 0 Å². The number of aliphatic hydroxyl groups excluding tert-OH is 1. The number of fused-ring (bicyclic) bond motifs is 1. The monoisotopic (exact) mass is 224 g/mol. The van der Waals surface area contributed by atoms with E-state index in [0.717, 1.165) is 27.5 Å². The average molecular weight is 224 g/mol. The van der Waals surface area contributed by atoms with Gasteiger partial charge in [0, 0.05) is 0 Å². The van der Waals surface area contributed by atoms with Crippen molar-refractivity contribution in [1.29, 1.82) is 0 Å². The second-order valence-corrected chi connectivity index (χ2v) is 4.04. The van der Waals surface area contributed by atoms with Crippen LogP contribution in [0.3, 0.4) is 0 Å². The summed E-state index contributed by atoms with van der Waals surface area (Å²) in [6, 6.07) is 10.3. The van der Waals surface area contributed by atoms with E-state index in [1.807, 2.05) is 31.2 Å². The molecule has 1 nitrogen and oxygen atoms in total. The van der Waals surface area contributed by atoms with E-state index in [1.165, 1.54) is 0 Å². The van der Waals surface area contributed by atoms with Gasteiger partial charge in [-0.05, 0) is 40.5 Å². The highest BCUT2D eigenvalue weighted by Gasteiger charge is 2.06. The Kier molecular flexibility index (Phi) is 3.40. The van der Waals surface area contributed by atoms with Gasteiger partial charge in [-0.2, -0.15) is 0 Å². The third-order valence-corrected chi connectivity index (χ3v) is 3.05. The third-order valence-electron chi connectivity index (χ3n) is 3.05. The summed E-state index contributed by atoms with van der Waals surface area (Å²) >= 11 is 0. The molecule has 0 aliphatic rings. The quantitative estimate of drug-likeness (QED) is 0.785. The molecular formula is C16H16O. The first-order valence-electron chi connectivity index (χ1n) is 5.69.